The average molecular weight is 675 g/mol. The molecule has 0 atom stereocenters. The third-order valence-corrected chi connectivity index (χ3v) is 7.22. The number of hydrogen-bond acceptors (Lipinski definition) is 7. The minimum absolute atomic E-state index is 0.0441. The molecule has 0 spiro atoms. The molecule has 0 saturated heterocycles. The fraction of sp³-hybridized carbons (Fsp3) is 0. The molecule has 0 aliphatic carbocycles. The van der Waals surface area contributed by atoms with Crippen molar-refractivity contribution >= 4 is 5.97 Å². The molecule has 51 heavy (non-hydrogen) atoms. The molecule has 0 radical (unpaired) electrons. The molecule has 0 heterocycles. The molecular weight excluding hydrogens is 644 g/mol. The number of ether oxygens (including phenoxy) is 6. The smallest absolute Gasteiger partial charge is 0.335 e. The number of carbonyl (C=O) groups is 1. The lowest BCUT2D eigenvalue weighted by Gasteiger charge is -2.15. The summed E-state index contributed by atoms with van der Waals surface area (Å²) in [6.45, 7) is 0. The van der Waals surface area contributed by atoms with Crippen molar-refractivity contribution in [2.45, 2.75) is 0 Å². The van der Waals surface area contributed by atoms with Gasteiger partial charge < -0.3 is 33.5 Å². The van der Waals surface area contributed by atoms with Gasteiger partial charge in [0.1, 0.15) is 69.0 Å². The van der Waals surface area contributed by atoms with Crippen LogP contribution in [-0.2, 0) is 0 Å². The summed E-state index contributed by atoms with van der Waals surface area (Å²) >= 11 is 0. The fourth-order valence-electron chi connectivity index (χ4n) is 5.03. The lowest BCUT2D eigenvalue weighted by molar-refractivity contribution is 0.0696. The summed E-state index contributed by atoms with van der Waals surface area (Å²) in [6.07, 6.45) is 0. The molecule has 0 aliphatic rings. The highest BCUT2D eigenvalue weighted by atomic mass is 16.5. The van der Waals surface area contributed by atoms with Crippen molar-refractivity contribution in [1.82, 2.24) is 0 Å². The summed E-state index contributed by atoms with van der Waals surface area (Å²) in [5.74, 6) is 4.27. The molecule has 0 aromatic heterocycles. The van der Waals surface area contributed by atoms with E-state index >= 15 is 0 Å². The molecule has 0 saturated carbocycles. The normalized spacial score (nSPS) is 10.5. The SMILES string of the molecule is O=C(O)c1cc(Oc2cc(Oc3ccccc3)cc(Oc3ccccc3)c2)cc(Oc2cc(Oc3ccccc3)cc(Oc3ccccc3)c2)c1. The summed E-state index contributed by atoms with van der Waals surface area (Å²) in [5.41, 5.74) is -0.0441. The van der Waals surface area contributed by atoms with Crippen LogP contribution >= 0.6 is 0 Å². The zero-order chi connectivity index (χ0) is 34.8. The maximum atomic E-state index is 12.2. The first-order valence-corrected chi connectivity index (χ1v) is 16.0. The second-order valence-corrected chi connectivity index (χ2v) is 11.1. The van der Waals surface area contributed by atoms with Crippen LogP contribution in [0.15, 0.2) is 176 Å². The number of para-hydroxylation sites is 4. The van der Waals surface area contributed by atoms with E-state index in [0.717, 1.165) is 0 Å². The Bertz CT molecular complexity index is 1950. The molecule has 1 N–H and O–H groups in total. The topological polar surface area (TPSA) is 92.7 Å². The van der Waals surface area contributed by atoms with Crippen molar-refractivity contribution < 1.29 is 38.3 Å². The number of carboxylic acids is 1. The van der Waals surface area contributed by atoms with E-state index in [4.69, 9.17) is 28.4 Å². The van der Waals surface area contributed by atoms with Crippen molar-refractivity contribution in [3.63, 3.8) is 0 Å². The van der Waals surface area contributed by atoms with E-state index in [2.05, 4.69) is 0 Å². The van der Waals surface area contributed by atoms with Gasteiger partial charge in [0.2, 0.25) is 0 Å². The van der Waals surface area contributed by atoms with Crippen LogP contribution < -0.4 is 28.4 Å². The Morgan fingerprint density at radius 3 is 0.706 bits per heavy atom. The Morgan fingerprint density at radius 1 is 0.294 bits per heavy atom. The molecule has 250 valence electrons. The first-order valence-electron chi connectivity index (χ1n) is 16.0. The maximum absolute atomic E-state index is 12.2. The quantitative estimate of drug-likeness (QED) is 0.129. The molecule has 0 fully saturated rings. The van der Waals surface area contributed by atoms with E-state index < -0.39 is 5.97 Å². The molecule has 0 unspecified atom stereocenters. The van der Waals surface area contributed by atoms with E-state index in [1.165, 1.54) is 12.1 Å². The lowest BCUT2D eigenvalue weighted by atomic mass is 10.2. The predicted molar refractivity (Wildman–Crippen MR) is 192 cm³/mol. The molecule has 8 nitrogen and oxygen atoms in total. The molecule has 0 aliphatic heterocycles. The van der Waals surface area contributed by atoms with Crippen LogP contribution in [0.1, 0.15) is 10.4 Å². The Kier molecular flexibility index (Phi) is 9.74. The van der Waals surface area contributed by atoms with Gasteiger partial charge in [-0.2, -0.15) is 0 Å². The van der Waals surface area contributed by atoms with Gasteiger partial charge in [-0.05, 0) is 60.7 Å². The van der Waals surface area contributed by atoms with Crippen LogP contribution in [0, 0.1) is 0 Å². The van der Waals surface area contributed by atoms with Crippen molar-refractivity contribution in [2.24, 2.45) is 0 Å². The number of rotatable bonds is 13. The lowest BCUT2D eigenvalue weighted by Crippen LogP contribution is -1.99. The Labute approximate surface area is 294 Å². The number of carboxylic acid groups (broad SMARTS) is 1. The number of benzene rings is 7. The zero-order valence-electron chi connectivity index (χ0n) is 27.0. The minimum atomic E-state index is -1.16. The Balaban J connectivity index is 1.20. The van der Waals surface area contributed by atoms with Crippen LogP contribution in [0.3, 0.4) is 0 Å². The van der Waals surface area contributed by atoms with Crippen molar-refractivity contribution in [3.8, 4) is 69.0 Å². The molecule has 0 bridgehead atoms. The largest absolute Gasteiger partial charge is 0.478 e. The summed E-state index contributed by atoms with van der Waals surface area (Å²) in [5, 5.41) is 10.0. The summed E-state index contributed by atoms with van der Waals surface area (Å²) in [4.78, 5) is 12.2. The van der Waals surface area contributed by atoms with Crippen LogP contribution in [0.4, 0.5) is 0 Å². The van der Waals surface area contributed by atoms with Crippen molar-refractivity contribution in [1.29, 1.82) is 0 Å². The van der Waals surface area contributed by atoms with E-state index in [0.29, 0.717) is 57.5 Å². The standard InChI is InChI=1S/C43H30O8/c44-43(45)30-21-35(50-41-26-37(46-31-13-5-1-6-14-31)24-38(27-41)47-32-15-7-2-8-16-32)23-36(22-30)51-42-28-39(48-33-17-9-3-10-18-33)25-40(29-42)49-34-19-11-4-12-20-34/h1-29H,(H,44,45). The minimum Gasteiger partial charge on any atom is -0.478 e. The van der Waals surface area contributed by atoms with Gasteiger partial charge in [-0.3, -0.25) is 0 Å². The van der Waals surface area contributed by atoms with E-state index in [1.807, 2.05) is 121 Å². The monoisotopic (exact) mass is 674 g/mol. The van der Waals surface area contributed by atoms with E-state index in [1.54, 1.807) is 42.5 Å². The first-order chi connectivity index (χ1) is 25.0. The maximum Gasteiger partial charge on any atom is 0.335 e. The highest BCUT2D eigenvalue weighted by Gasteiger charge is 2.15. The highest BCUT2D eigenvalue weighted by molar-refractivity contribution is 5.88. The van der Waals surface area contributed by atoms with E-state index in [-0.39, 0.29) is 17.1 Å². The van der Waals surface area contributed by atoms with Gasteiger partial charge in [-0.1, -0.05) is 72.8 Å². The Hall–Kier alpha value is -7.19. The molecule has 8 heteroatoms. The zero-order valence-corrected chi connectivity index (χ0v) is 27.0. The van der Waals surface area contributed by atoms with Gasteiger partial charge in [0.25, 0.3) is 0 Å². The fourth-order valence-corrected chi connectivity index (χ4v) is 5.03. The second kappa shape index (κ2) is 15.4. The van der Waals surface area contributed by atoms with Gasteiger partial charge >= 0.3 is 5.97 Å². The molecule has 7 aromatic carbocycles. The van der Waals surface area contributed by atoms with Gasteiger partial charge in [0.05, 0.1) is 5.56 Å². The first kappa shape index (κ1) is 32.4. The van der Waals surface area contributed by atoms with Crippen LogP contribution in [0.5, 0.6) is 69.0 Å². The molecular formula is C43H30O8. The Morgan fingerprint density at radius 2 is 0.490 bits per heavy atom. The second-order valence-electron chi connectivity index (χ2n) is 11.1. The van der Waals surface area contributed by atoms with Gasteiger partial charge in [-0.15, -0.1) is 0 Å². The average Bonchev–Trinajstić information content (AvgIpc) is 3.13. The molecule has 7 rings (SSSR count). The highest BCUT2D eigenvalue weighted by Crippen LogP contribution is 2.39. The van der Waals surface area contributed by atoms with Gasteiger partial charge in [0.15, 0.2) is 0 Å². The molecule has 0 amide bonds. The van der Waals surface area contributed by atoms with Crippen molar-refractivity contribution in [2.75, 3.05) is 0 Å². The number of aromatic carboxylic acids is 1. The van der Waals surface area contributed by atoms with Crippen LogP contribution in [0.2, 0.25) is 0 Å². The molecule has 7 aromatic rings. The third kappa shape index (κ3) is 9.04. The predicted octanol–water partition coefficient (Wildman–Crippen LogP) is 12.1. The summed E-state index contributed by atoms with van der Waals surface area (Å²) in [6, 6.07) is 51.9. The van der Waals surface area contributed by atoms with Crippen LogP contribution in [0.25, 0.3) is 0 Å². The van der Waals surface area contributed by atoms with Gasteiger partial charge in [-0.25, -0.2) is 4.79 Å². The van der Waals surface area contributed by atoms with Crippen LogP contribution in [-0.4, -0.2) is 11.1 Å². The summed E-state index contributed by atoms with van der Waals surface area (Å²) < 4.78 is 36.9. The van der Waals surface area contributed by atoms with Gasteiger partial charge in [0, 0.05) is 42.5 Å². The summed E-state index contributed by atoms with van der Waals surface area (Å²) in [7, 11) is 0. The van der Waals surface area contributed by atoms with E-state index in [9.17, 15) is 9.90 Å². The third-order valence-electron chi connectivity index (χ3n) is 7.22. The number of hydrogen-bond donors (Lipinski definition) is 1. The van der Waals surface area contributed by atoms with Crippen molar-refractivity contribution in [3.05, 3.63) is 181 Å².